The van der Waals surface area contributed by atoms with Gasteiger partial charge in [-0.2, -0.15) is 0 Å². The smallest absolute Gasteiger partial charge is 0.255 e. The summed E-state index contributed by atoms with van der Waals surface area (Å²) in [4.78, 5) is 37.7. The molecule has 34 heavy (non-hydrogen) atoms. The van der Waals surface area contributed by atoms with E-state index in [4.69, 9.17) is 5.73 Å². The van der Waals surface area contributed by atoms with Crippen LogP contribution >= 0.6 is 20.7 Å². The molecule has 1 amide bonds. The van der Waals surface area contributed by atoms with E-state index in [0.29, 0.717) is 12.0 Å². The van der Waals surface area contributed by atoms with Crippen molar-refractivity contribution in [2.24, 2.45) is 17.6 Å². The van der Waals surface area contributed by atoms with Gasteiger partial charge in [-0.15, -0.1) is 0 Å². The van der Waals surface area contributed by atoms with E-state index in [1.54, 1.807) is 6.07 Å². The Kier molecular flexibility index (Phi) is 5.17. The van der Waals surface area contributed by atoms with Crippen molar-refractivity contribution in [3.8, 4) is 5.75 Å². The number of benzene rings is 1. The van der Waals surface area contributed by atoms with Crippen LogP contribution in [0.15, 0.2) is 46.8 Å². The van der Waals surface area contributed by atoms with Crippen LogP contribution < -0.4 is 5.73 Å². The van der Waals surface area contributed by atoms with Crippen molar-refractivity contribution >= 4 is 51.6 Å². The monoisotopic (exact) mass is 575 g/mol. The van der Waals surface area contributed by atoms with E-state index in [1.807, 2.05) is 19.1 Å². The van der Waals surface area contributed by atoms with Gasteiger partial charge in [0.1, 0.15) is 22.8 Å². The summed E-state index contributed by atoms with van der Waals surface area (Å²) in [7, 11) is 0. The number of hydrogen-bond donors (Lipinski definition) is 5. The third-order valence-electron chi connectivity index (χ3n) is 7.04. The summed E-state index contributed by atoms with van der Waals surface area (Å²) in [6, 6.07) is 3.27. The fourth-order valence-electron chi connectivity index (χ4n) is 5.42. The summed E-state index contributed by atoms with van der Waals surface area (Å²) in [5, 5.41) is 43.7. The Balaban J connectivity index is 1.70. The summed E-state index contributed by atoms with van der Waals surface area (Å²) in [5.41, 5.74) is 4.64. The first kappa shape index (κ1) is 22.7. The van der Waals surface area contributed by atoms with Crippen molar-refractivity contribution in [1.82, 2.24) is 0 Å². The molecule has 3 aliphatic carbocycles. The number of halogens is 1. The summed E-state index contributed by atoms with van der Waals surface area (Å²) < 4.78 is 3.29. The van der Waals surface area contributed by atoms with Crippen LogP contribution in [0.1, 0.15) is 36.5 Å². The van der Waals surface area contributed by atoms with Crippen molar-refractivity contribution in [2.45, 2.75) is 31.8 Å². The highest BCUT2D eigenvalue weighted by atomic mass is 127. The van der Waals surface area contributed by atoms with E-state index in [-0.39, 0.29) is 29.7 Å². The normalized spacial score (nSPS) is 28.4. The fraction of sp³-hybridized carbons (Fsp3) is 0.280. The number of aliphatic hydroxyl groups excluding tert-OH is 2. The van der Waals surface area contributed by atoms with E-state index >= 15 is 0 Å². The SMILES string of the molecule is CC1=CC=C(c2ccc(O)c3c2C[C@H]2C[C@H]4CC(=O)C(C(N)=O)=C(O)[C@@]4(O)C(=O)C2=C3O)I=C1. The average Bonchev–Trinajstić information content (AvgIpc) is 2.77. The Morgan fingerprint density at radius 3 is 2.53 bits per heavy atom. The van der Waals surface area contributed by atoms with E-state index in [0.717, 1.165) is 9.14 Å². The maximum Gasteiger partial charge on any atom is 0.255 e. The average molecular weight is 575 g/mol. The standard InChI is InChI=1S/C25H22INO7/c1-10-2-4-15(26-9-10)13-3-5-16(28)19-14(13)7-11-6-12-8-17(29)20(24(27)33)23(32)25(12,34)22(31)18(11)21(19)30/h2-5,9,11-12,28,30,32,34H,6-8H2,1H3,(H2,27,33)/t11-,12+,25+/m1/s1. The quantitative estimate of drug-likeness (QED) is 0.268. The highest BCUT2D eigenvalue weighted by molar-refractivity contribution is 14.2. The number of carbonyl (C=O) groups excluding carboxylic acids is 3. The zero-order valence-electron chi connectivity index (χ0n) is 18.1. The number of phenolic OH excluding ortho intramolecular Hbond substituents is 1. The van der Waals surface area contributed by atoms with Gasteiger partial charge in [0, 0.05) is 21.5 Å². The van der Waals surface area contributed by atoms with Crippen LogP contribution in [0.5, 0.6) is 5.75 Å². The highest BCUT2D eigenvalue weighted by Gasteiger charge is 2.60. The van der Waals surface area contributed by atoms with Gasteiger partial charge in [-0.05, 0) is 64.6 Å². The molecule has 1 aromatic carbocycles. The van der Waals surface area contributed by atoms with Crippen LogP contribution in [0.3, 0.4) is 0 Å². The van der Waals surface area contributed by atoms with Gasteiger partial charge in [-0.25, -0.2) is 0 Å². The molecular weight excluding hydrogens is 553 g/mol. The molecule has 0 unspecified atom stereocenters. The fourth-order valence-corrected chi connectivity index (χ4v) is 7.68. The highest BCUT2D eigenvalue weighted by Crippen LogP contribution is 2.53. The lowest BCUT2D eigenvalue weighted by Crippen LogP contribution is -2.58. The van der Waals surface area contributed by atoms with Crippen molar-refractivity contribution in [3.05, 3.63) is 63.5 Å². The van der Waals surface area contributed by atoms with Crippen LogP contribution in [0.2, 0.25) is 0 Å². The molecule has 0 saturated heterocycles. The third-order valence-corrected chi connectivity index (χ3v) is 9.95. The minimum atomic E-state index is -2.54. The van der Waals surface area contributed by atoms with Crippen molar-refractivity contribution < 1.29 is 34.8 Å². The van der Waals surface area contributed by atoms with Gasteiger partial charge in [-0.3, -0.25) is 14.4 Å². The maximum absolute atomic E-state index is 13.5. The van der Waals surface area contributed by atoms with Crippen molar-refractivity contribution in [3.63, 3.8) is 0 Å². The van der Waals surface area contributed by atoms with Crippen LogP contribution in [0.4, 0.5) is 0 Å². The maximum atomic E-state index is 13.5. The minimum Gasteiger partial charge on any atom is -0.508 e. The second kappa shape index (κ2) is 7.74. The molecule has 0 bridgehead atoms. The number of Topliss-reactive ketones (excluding diaryl/α,β-unsaturated/α-hetero) is 2. The number of rotatable bonds is 2. The number of amides is 1. The number of aromatic hydroxyl groups is 1. The molecule has 4 aliphatic rings. The molecule has 1 heterocycles. The molecular formula is C25H22INO7. The van der Waals surface area contributed by atoms with Crippen LogP contribution in [-0.2, 0) is 20.8 Å². The van der Waals surface area contributed by atoms with Crippen LogP contribution in [0, 0.1) is 11.8 Å². The van der Waals surface area contributed by atoms with Gasteiger partial charge in [0.25, 0.3) is 5.91 Å². The Morgan fingerprint density at radius 1 is 1.15 bits per heavy atom. The lowest BCUT2D eigenvalue weighted by atomic mass is 9.59. The first-order valence-electron chi connectivity index (χ1n) is 10.7. The molecule has 176 valence electrons. The Labute approximate surface area is 204 Å². The molecule has 3 atom stereocenters. The van der Waals surface area contributed by atoms with Crippen LogP contribution in [0.25, 0.3) is 9.34 Å². The van der Waals surface area contributed by atoms with E-state index in [1.165, 1.54) is 11.6 Å². The number of fused-ring (bicyclic) bond motifs is 3. The summed E-state index contributed by atoms with van der Waals surface area (Å²) in [5.74, 6) is -6.18. The molecule has 1 saturated carbocycles. The second-order valence-corrected chi connectivity index (χ2v) is 11.4. The number of phenols is 1. The predicted molar refractivity (Wildman–Crippen MR) is 133 cm³/mol. The number of aliphatic hydroxyl groups is 3. The van der Waals surface area contributed by atoms with Gasteiger partial charge < -0.3 is 26.2 Å². The molecule has 1 fully saturated rings. The molecule has 1 aromatic rings. The lowest BCUT2D eigenvalue weighted by molar-refractivity contribution is -0.147. The molecule has 9 heteroatoms. The summed E-state index contributed by atoms with van der Waals surface area (Å²) in [6.07, 6.45) is 4.14. The van der Waals surface area contributed by atoms with Gasteiger partial charge in [-0.1, -0.05) is 26.8 Å². The Bertz CT molecular complexity index is 1360. The zero-order chi connectivity index (χ0) is 24.5. The summed E-state index contributed by atoms with van der Waals surface area (Å²) in [6.45, 7) is 2.02. The van der Waals surface area contributed by atoms with Gasteiger partial charge in [0.2, 0.25) is 5.78 Å². The second-order valence-electron chi connectivity index (χ2n) is 9.04. The zero-order valence-corrected chi connectivity index (χ0v) is 20.3. The van der Waals surface area contributed by atoms with Gasteiger partial charge >= 0.3 is 0 Å². The molecule has 1 aliphatic heterocycles. The molecule has 8 nitrogen and oxygen atoms in total. The molecule has 5 rings (SSSR count). The molecule has 6 N–H and O–H groups in total. The Hall–Kier alpha value is -3.05. The predicted octanol–water partition coefficient (Wildman–Crippen LogP) is 2.50. The van der Waals surface area contributed by atoms with Crippen molar-refractivity contribution in [1.29, 1.82) is 0 Å². The third kappa shape index (κ3) is 3.06. The number of nitrogens with two attached hydrogens (primary N) is 1. The molecule has 0 spiro atoms. The number of carbonyl (C=O) groups is 3. The number of allylic oxidation sites excluding steroid dienone is 3. The van der Waals surface area contributed by atoms with E-state index in [9.17, 15) is 34.8 Å². The Morgan fingerprint density at radius 2 is 1.88 bits per heavy atom. The largest absolute Gasteiger partial charge is 0.508 e. The van der Waals surface area contributed by atoms with Crippen LogP contribution in [-0.4, -0.2) is 47.5 Å². The van der Waals surface area contributed by atoms with Gasteiger partial charge in [0.05, 0.1) is 5.56 Å². The van der Waals surface area contributed by atoms with Crippen molar-refractivity contribution in [2.75, 3.05) is 0 Å². The van der Waals surface area contributed by atoms with Gasteiger partial charge in [0.15, 0.2) is 11.4 Å². The topological polar surface area (TPSA) is 158 Å². The van der Waals surface area contributed by atoms with E-state index < -0.39 is 72.7 Å². The van der Waals surface area contributed by atoms with E-state index in [2.05, 4.69) is 4.01 Å². The lowest BCUT2D eigenvalue weighted by Gasteiger charge is -2.46. The number of ketones is 2. The molecule has 0 aromatic heterocycles. The minimum absolute atomic E-state index is 0.122. The first-order chi connectivity index (χ1) is 16.1. The molecule has 0 radical (unpaired) electrons. The number of primary amides is 1. The number of hydrogen-bond acceptors (Lipinski definition) is 7. The first-order valence-corrected chi connectivity index (χ1v) is 13.1. The summed E-state index contributed by atoms with van der Waals surface area (Å²) >= 11 is -0.432.